The van der Waals surface area contributed by atoms with Crippen LogP contribution in [0.5, 0.6) is 17.2 Å². The van der Waals surface area contributed by atoms with E-state index in [0.717, 1.165) is 29.5 Å². The second kappa shape index (κ2) is 6.73. The van der Waals surface area contributed by atoms with E-state index in [9.17, 15) is 15.3 Å². The fraction of sp³-hybridized carbons (Fsp3) is 0.368. The van der Waals surface area contributed by atoms with Gasteiger partial charge in [0.2, 0.25) is 0 Å². The van der Waals surface area contributed by atoms with Crippen LogP contribution in [0.4, 0.5) is 0 Å². The maximum absolute atomic E-state index is 9.79. The summed E-state index contributed by atoms with van der Waals surface area (Å²) in [7, 11) is 0. The molecular formula is C19H24O3. The van der Waals surface area contributed by atoms with Crippen molar-refractivity contribution in [2.24, 2.45) is 11.8 Å². The molecule has 2 aromatic rings. The number of phenols is 3. The van der Waals surface area contributed by atoms with Gasteiger partial charge in [-0.1, -0.05) is 32.0 Å². The lowest BCUT2D eigenvalue weighted by atomic mass is 9.85. The Kier molecular flexibility index (Phi) is 4.96. The molecule has 0 aliphatic rings. The minimum absolute atomic E-state index is 0.0687. The minimum Gasteiger partial charge on any atom is -0.508 e. The molecule has 3 heteroatoms. The number of hydrogen-bond acceptors (Lipinski definition) is 3. The molecule has 0 aliphatic heterocycles. The van der Waals surface area contributed by atoms with Gasteiger partial charge in [-0.3, -0.25) is 0 Å². The first-order valence-corrected chi connectivity index (χ1v) is 7.66. The van der Waals surface area contributed by atoms with Crippen LogP contribution in [0, 0.1) is 18.8 Å². The molecular weight excluding hydrogens is 276 g/mol. The second-order valence-electron chi connectivity index (χ2n) is 6.31. The van der Waals surface area contributed by atoms with Crippen LogP contribution in [0.3, 0.4) is 0 Å². The highest BCUT2D eigenvalue weighted by Gasteiger charge is 2.15. The third kappa shape index (κ3) is 3.94. The average Bonchev–Trinajstić information content (AvgIpc) is 2.46. The highest BCUT2D eigenvalue weighted by atomic mass is 16.3. The molecule has 0 saturated heterocycles. The summed E-state index contributed by atoms with van der Waals surface area (Å²) in [5.74, 6) is 1.06. The van der Waals surface area contributed by atoms with Gasteiger partial charge >= 0.3 is 0 Å². The number of phenolic OH excluding ortho intramolecular Hbond substituents is 3. The number of benzene rings is 2. The molecule has 2 atom stereocenters. The van der Waals surface area contributed by atoms with Crippen molar-refractivity contribution < 1.29 is 15.3 Å². The molecule has 22 heavy (non-hydrogen) atoms. The van der Waals surface area contributed by atoms with Crippen LogP contribution in [0.25, 0.3) is 0 Å². The summed E-state index contributed by atoms with van der Waals surface area (Å²) < 4.78 is 0. The SMILES string of the molecule is Cc1ccc(CC(C)C(C)Cc2ccc(O)c(O)c2)cc1O. The molecule has 3 N–H and O–H groups in total. The maximum atomic E-state index is 9.79. The molecule has 0 bridgehead atoms. The normalized spacial score (nSPS) is 13.8. The van der Waals surface area contributed by atoms with E-state index >= 15 is 0 Å². The zero-order valence-corrected chi connectivity index (χ0v) is 13.4. The van der Waals surface area contributed by atoms with Gasteiger partial charge in [0.05, 0.1) is 0 Å². The summed E-state index contributed by atoms with van der Waals surface area (Å²) in [6.07, 6.45) is 1.74. The van der Waals surface area contributed by atoms with E-state index in [1.54, 1.807) is 6.07 Å². The summed E-state index contributed by atoms with van der Waals surface area (Å²) in [5.41, 5.74) is 3.04. The molecule has 2 rings (SSSR count). The van der Waals surface area contributed by atoms with Gasteiger partial charge in [-0.05, 0) is 66.5 Å². The highest BCUT2D eigenvalue weighted by Crippen LogP contribution is 2.28. The summed E-state index contributed by atoms with van der Waals surface area (Å²) in [4.78, 5) is 0. The van der Waals surface area contributed by atoms with Gasteiger partial charge < -0.3 is 15.3 Å². The maximum Gasteiger partial charge on any atom is 0.157 e. The van der Waals surface area contributed by atoms with E-state index in [-0.39, 0.29) is 11.5 Å². The molecule has 0 amide bonds. The Hall–Kier alpha value is -2.16. The summed E-state index contributed by atoms with van der Waals surface area (Å²) in [5, 5.41) is 28.7. The molecule has 2 unspecified atom stereocenters. The molecule has 0 radical (unpaired) electrons. The van der Waals surface area contributed by atoms with E-state index in [1.165, 1.54) is 6.07 Å². The van der Waals surface area contributed by atoms with Gasteiger partial charge in [0.1, 0.15) is 5.75 Å². The van der Waals surface area contributed by atoms with Crippen LogP contribution in [0.2, 0.25) is 0 Å². The summed E-state index contributed by atoms with van der Waals surface area (Å²) in [6, 6.07) is 10.8. The minimum atomic E-state index is -0.0837. The predicted octanol–water partition coefficient (Wildman–Crippen LogP) is 4.17. The Balaban J connectivity index is 2.00. The zero-order valence-electron chi connectivity index (χ0n) is 13.4. The van der Waals surface area contributed by atoms with E-state index in [2.05, 4.69) is 19.9 Å². The number of rotatable bonds is 5. The molecule has 0 aliphatic carbocycles. The van der Waals surface area contributed by atoms with Crippen molar-refractivity contribution >= 4 is 0 Å². The quantitative estimate of drug-likeness (QED) is 0.726. The van der Waals surface area contributed by atoms with Gasteiger partial charge in [0.25, 0.3) is 0 Å². The van der Waals surface area contributed by atoms with Crippen molar-refractivity contribution in [1.29, 1.82) is 0 Å². The van der Waals surface area contributed by atoms with Crippen molar-refractivity contribution in [3.05, 3.63) is 53.1 Å². The van der Waals surface area contributed by atoms with Crippen molar-refractivity contribution in [3.63, 3.8) is 0 Å². The number of aromatic hydroxyl groups is 3. The standard InChI is InChI=1S/C19H24O3/c1-12-4-5-15(10-18(12)21)8-13(2)14(3)9-16-6-7-17(20)19(22)11-16/h4-7,10-11,13-14,20-22H,8-9H2,1-3H3. The van der Waals surface area contributed by atoms with Crippen LogP contribution in [0.15, 0.2) is 36.4 Å². The smallest absolute Gasteiger partial charge is 0.157 e. The third-order valence-corrected chi connectivity index (χ3v) is 4.40. The molecule has 2 aromatic carbocycles. The monoisotopic (exact) mass is 300 g/mol. The topological polar surface area (TPSA) is 60.7 Å². The summed E-state index contributed by atoms with van der Waals surface area (Å²) in [6.45, 7) is 6.27. The van der Waals surface area contributed by atoms with Gasteiger partial charge in [0, 0.05) is 0 Å². The van der Waals surface area contributed by atoms with Gasteiger partial charge in [-0.25, -0.2) is 0 Å². The van der Waals surface area contributed by atoms with Crippen molar-refractivity contribution in [2.45, 2.75) is 33.6 Å². The second-order valence-corrected chi connectivity index (χ2v) is 6.31. The molecule has 0 fully saturated rings. The van der Waals surface area contributed by atoms with Crippen LogP contribution in [0.1, 0.15) is 30.5 Å². The fourth-order valence-corrected chi connectivity index (χ4v) is 2.62. The average molecular weight is 300 g/mol. The molecule has 0 heterocycles. The first-order chi connectivity index (χ1) is 10.4. The number of hydrogen-bond donors (Lipinski definition) is 3. The van der Waals surface area contributed by atoms with Crippen LogP contribution in [-0.2, 0) is 12.8 Å². The Morgan fingerprint density at radius 3 is 1.73 bits per heavy atom. The van der Waals surface area contributed by atoms with Crippen LogP contribution >= 0.6 is 0 Å². The van der Waals surface area contributed by atoms with Crippen molar-refractivity contribution in [1.82, 2.24) is 0 Å². The van der Waals surface area contributed by atoms with Gasteiger partial charge in [0.15, 0.2) is 11.5 Å². The van der Waals surface area contributed by atoms with Gasteiger partial charge in [-0.15, -0.1) is 0 Å². The third-order valence-electron chi connectivity index (χ3n) is 4.40. The van der Waals surface area contributed by atoms with Crippen molar-refractivity contribution in [3.8, 4) is 17.2 Å². The van der Waals surface area contributed by atoms with E-state index in [0.29, 0.717) is 17.6 Å². The van der Waals surface area contributed by atoms with Gasteiger partial charge in [-0.2, -0.15) is 0 Å². The van der Waals surface area contributed by atoms with Crippen LogP contribution in [-0.4, -0.2) is 15.3 Å². The Morgan fingerprint density at radius 1 is 0.727 bits per heavy atom. The molecule has 118 valence electrons. The highest BCUT2D eigenvalue weighted by molar-refractivity contribution is 5.40. The molecule has 0 saturated carbocycles. The lowest BCUT2D eigenvalue weighted by Gasteiger charge is -2.20. The van der Waals surface area contributed by atoms with Crippen LogP contribution < -0.4 is 0 Å². The lowest BCUT2D eigenvalue weighted by Crippen LogP contribution is -2.13. The number of aryl methyl sites for hydroxylation is 1. The predicted molar refractivity (Wildman–Crippen MR) is 88.4 cm³/mol. The fourth-order valence-electron chi connectivity index (χ4n) is 2.62. The first-order valence-electron chi connectivity index (χ1n) is 7.66. The van der Waals surface area contributed by atoms with E-state index in [1.807, 2.05) is 25.1 Å². The molecule has 0 aromatic heterocycles. The Bertz CT molecular complexity index is 592. The first kappa shape index (κ1) is 16.2. The Labute approximate surface area is 131 Å². The Morgan fingerprint density at radius 2 is 1.23 bits per heavy atom. The largest absolute Gasteiger partial charge is 0.508 e. The summed E-state index contributed by atoms with van der Waals surface area (Å²) >= 11 is 0. The van der Waals surface area contributed by atoms with E-state index in [4.69, 9.17) is 0 Å². The zero-order chi connectivity index (χ0) is 16.3. The lowest BCUT2D eigenvalue weighted by molar-refractivity contribution is 0.379. The molecule has 0 spiro atoms. The van der Waals surface area contributed by atoms with E-state index < -0.39 is 0 Å². The molecule has 3 nitrogen and oxygen atoms in total. The van der Waals surface area contributed by atoms with Crippen molar-refractivity contribution in [2.75, 3.05) is 0 Å².